The maximum absolute atomic E-state index is 12.4. The minimum atomic E-state index is -0.577. The number of amides is 1. The van der Waals surface area contributed by atoms with E-state index in [9.17, 15) is 19.7 Å². The molecule has 0 fully saturated rings. The number of hydrogen-bond donors (Lipinski definition) is 1. The van der Waals surface area contributed by atoms with Crippen molar-refractivity contribution in [2.24, 2.45) is 0 Å². The Morgan fingerprint density at radius 1 is 1.08 bits per heavy atom. The molecule has 24 heavy (non-hydrogen) atoms. The number of anilines is 1. The second-order valence-corrected chi connectivity index (χ2v) is 4.82. The number of hydrogen-bond acceptors (Lipinski definition) is 4. The average Bonchev–Trinajstić information content (AvgIpc) is 2.60. The first kappa shape index (κ1) is 16.7. The third-order valence-corrected chi connectivity index (χ3v) is 3.23. The van der Waals surface area contributed by atoms with Crippen LogP contribution in [0.5, 0.6) is 0 Å². The zero-order chi connectivity index (χ0) is 17.7. The Bertz CT molecular complexity index is 868. The Balaban J connectivity index is 2.29. The summed E-state index contributed by atoms with van der Waals surface area (Å²) in [7, 11) is 0. The van der Waals surface area contributed by atoms with E-state index in [4.69, 9.17) is 5.53 Å². The Morgan fingerprint density at radius 3 is 2.21 bits per heavy atom. The van der Waals surface area contributed by atoms with Crippen molar-refractivity contribution in [3.63, 3.8) is 0 Å². The molecule has 0 aliphatic heterocycles. The molecule has 0 aliphatic carbocycles. The van der Waals surface area contributed by atoms with E-state index in [1.807, 2.05) is 0 Å². The van der Waals surface area contributed by atoms with E-state index in [1.54, 1.807) is 12.1 Å². The van der Waals surface area contributed by atoms with Crippen molar-refractivity contribution in [2.75, 3.05) is 5.32 Å². The molecule has 0 heterocycles. The number of nitro groups is 1. The molecule has 2 rings (SSSR count). The normalized spacial score (nSPS) is 9.71. The number of benzene rings is 2. The number of non-ortho nitro benzene ring substituents is 1. The Labute approximate surface area is 136 Å². The summed E-state index contributed by atoms with van der Waals surface area (Å²) < 4.78 is 0. The summed E-state index contributed by atoms with van der Waals surface area (Å²) in [5.41, 5.74) is 9.01. The molecule has 0 radical (unpaired) electrons. The van der Waals surface area contributed by atoms with Crippen molar-refractivity contribution in [1.29, 1.82) is 0 Å². The molecule has 8 heteroatoms. The van der Waals surface area contributed by atoms with E-state index in [-0.39, 0.29) is 22.5 Å². The zero-order valence-corrected chi connectivity index (χ0v) is 12.6. The summed E-state index contributed by atoms with van der Waals surface area (Å²) in [5.74, 6) is -1.13. The molecule has 0 saturated carbocycles. The Hall–Kier alpha value is -3.64. The van der Waals surface area contributed by atoms with Gasteiger partial charge in [-0.15, -0.1) is 0 Å². The molecule has 0 saturated heterocycles. The highest BCUT2D eigenvalue weighted by molar-refractivity contribution is 6.44. The van der Waals surface area contributed by atoms with Crippen LogP contribution in [-0.2, 0) is 0 Å². The molecular formula is C16H12N4O4. The quantitative estimate of drug-likeness (QED) is 0.226. The summed E-state index contributed by atoms with van der Waals surface area (Å²) in [4.78, 5) is 37.4. The first-order chi connectivity index (χ1) is 11.4. The predicted octanol–water partition coefficient (Wildman–Crippen LogP) is 2.72. The summed E-state index contributed by atoms with van der Waals surface area (Å²) in [5, 5.41) is 13.2. The lowest BCUT2D eigenvalue weighted by Gasteiger charge is -2.08. The van der Waals surface area contributed by atoms with Gasteiger partial charge in [-0.3, -0.25) is 19.7 Å². The lowest BCUT2D eigenvalue weighted by molar-refractivity contribution is -0.384. The number of carbonyl (C=O) groups is 2. The van der Waals surface area contributed by atoms with Gasteiger partial charge in [0.1, 0.15) is 0 Å². The molecule has 0 atom stereocenters. The molecule has 0 aliphatic rings. The van der Waals surface area contributed by atoms with Crippen LogP contribution in [0.4, 0.5) is 11.4 Å². The van der Waals surface area contributed by atoms with Gasteiger partial charge in [0.25, 0.3) is 17.4 Å². The van der Waals surface area contributed by atoms with Gasteiger partial charge in [-0.2, -0.15) is 4.79 Å². The van der Waals surface area contributed by atoms with Crippen LogP contribution in [0.25, 0.3) is 5.53 Å². The minimum absolute atomic E-state index is 0.0900. The van der Waals surface area contributed by atoms with Crippen LogP contribution in [0.15, 0.2) is 48.5 Å². The van der Waals surface area contributed by atoms with E-state index < -0.39 is 16.6 Å². The summed E-state index contributed by atoms with van der Waals surface area (Å²) in [6, 6.07) is 11.4. The van der Waals surface area contributed by atoms with Gasteiger partial charge in [0.15, 0.2) is 0 Å². The van der Waals surface area contributed by atoms with Crippen LogP contribution in [0.2, 0.25) is 0 Å². The van der Waals surface area contributed by atoms with Gasteiger partial charge < -0.3 is 10.8 Å². The van der Waals surface area contributed by atoms with Crippen molar-refractivity contribution in [2.45, 2.75) is 6.92 Å². The van der Waals surface area contributed by atoms with Crippen LogP contribution < -0.4 is 5.32 Å². The summed E-state index contributed by atoms with van der Waals surface area (Å²) in [6.07, 6.45) is 0. The van der Waals surface area contributed by atoms with Gasteiger partial charge in [-0.1, -0.05) is 12.1 Å². The third-order valence-electron chi connectivity index (χ3n) is 3.23. The number of nitrogens with one attached hydrogen (secondary N) is 1. The molecule has 0 unspecified atom stereocenters. The number of nitro benzene ring substituents is 1. The molecule has 2 aromatic rings. The molecular weight excluding hydrogens is 312 g/mol. The summed E-state index contributed by atoms with van der Waals surface area (Å²) in [6.45, 7) is 1.33. The highest BCUT2D eigenvalue weighted by Gasteiger charge is 2.22. The smallest absolute Gasteiger partial charge is 0.336 e. The van der Waals surface area contributed by atoms with E-state index >= 15 is 0 Å². The minimum Gasteiger partial charge on any atom is -0.361 e. The highest BCUT2D eigenvalue weighted by Crippen LogP contribution is 2.17. The fraction of sp³-hybridized carbons (Fsp3) is 0.0625. The van der Waals surface area contributed by atoms with E-state index in [1.165, 1.54) is 43.3 Å². The number of carbonyl (C=O) groups excluding carboxylic acids is 2. The van der Waals surface area contributed by atoms with Gasteiger partial charge in [0.2, 0.25) is 0 Å². The van der Waals surface area contributed by atoms with Gasteiger partial charge >= 0.3 is 5.71 Å². The van der Waals surface area contributed by atoms with Crippen LogP contribution >= 0.6 is 0 Å². The topological polar surface area (TPSA) is 126 Å². The molecule has 120 valence electrons. The fourth-order valence-electron chi connectivity index (χ4n) is 1.98. The van der Waals surface area contributed by atoms with Crippen molar-refractivity contribution in [3.8, 4) is 0 Å². The zero-order valence-electron chi connectivity index (χ0n) is 12.6. The van der Waals surface area contributed by atoms with E-state index in [0.717, 1.165) is 0 Å². The van der Waals surface area contributed by atoms with Crippen molar-refractivity contribution < 1.29 is 19.3 Å². The predicted molar refractivity (Wildman–Crippen MR) is 86.1 cm³/mol. The largest absolute Gasteiger partial charge is 0.361 e. The van der Waals surface area contributed by atoms with Crippen LogP contribution in [0.1, 0.15) is 27.6 Å². The lowest BCUT2D eigenvalue weighted by Crippen LogP contribution is -2.20. The van der Waals surface area contributed by atoms with Crippen molar-refractivity contribution >= 4 is 28.8 Å². The highest BCUT2D eigenvalue weighted by atomic mass is 16.6. The maximum atomic E-state index is 12.4. The van der Waals surface area contributed by atoms with Gasteiger partial charge in [-0.05, 0) is 24.3 Å². The van der Waals surface area contributed by atoms with Gasteiger partial charge in [-0.25, -0.2) is 0 Å². The molecule has 8 nitrogen and oxygen atoms in total. The number of Topliss-reactive ketones (excluding diaryl/α,β-unsaturated/α-hetero) is 1. The number of rotatable bonds is 5. The average molecular weight is 324 g/mol. The van der Waals surface area contributed by atoms with E-state index in [0.29, 0.717) is 5.69 Å². The third kappa shape index (κ3) is 3.57. The Kier molecular flexibility index (Phi) is 4.93. The molecule has 0 spiro atoms. The van der Waals surface area contributed by atoms with Crippen molar-refractivity contribution in [1.82, 2.24) is 0 Å². The molecule has 1 amide bonds. The standard InChI is InChI=1S/C16H12N4O4/c1-10(19-17)15(21)13-4-2-3-5-14(13)16(22)18-11-6-8-12(9-7-11)20(23)24/h2-9H,1H3,(H,18,22). The van der Waals surface area contributed by atoms with Crippen LogP contribution in [-0.4, -0.2) is 27.1 Å². The molecule has 1 N–H and O–H groups in total. The monoisotopic (exact) mass is 324 g/mol. The Morgan fingerprint density at radius 2 is 1.67 bits per heavy atom. The van der Waals surface area contributed by atoms with E-state index in [2.05, 4.69) is 10.1 Å². The summed E-state index contributed by atoms with van der Waals surface area (Å²) >= 11 is 0. The van der Waals surface area contributed by atoms with Crippen LogP contribution in [0.3, 0.4) is 0 Å². The fourth-order valence-corrected chi connectivity index (χ4v) is 1.98. The number of ketones is 1. The van der Waals surface area contributed by atoms with Gasteiger partial charge in [0, 0.05) is 30.3 Å². The van der Waals surface area contributed by atoms with Gasteiger partial charge in [0.05, 0.1) is 10.5 Å². The first-order valence-corrected chi connectivity index (χ1v) is 6.82. The molecule has 0 bridgehead atoms. The number of nitrogens with zero attached hydrogens (tertiary/aromatic N) is 3. The SMILES string of the molecule is CC(=[N+]=[N-])C(=O)c1ccccc1C(=O)Nc1ccc([N+](=O)[O-])cc1. The second kappa shape index (κ2) is 7.08. The first-order valence-electron chi connectivity index (χ1n) is 6.82. The lowest BCUT2D eigenvalue weighted by atomic mass is 10.0. The van der Waals surface area contributed by atoms with Crippen molar-refractivity contribution in [3.05, 3.63) is 75.3 Å². The molecule has 2 aromatic carbocycles. The molecule has 0 aromatic heterocycles. The maximum Gasteiger partial charge on any atom is 0.336 e. The van der Waals surface area contributed by atoms with Crippen LogP contribution in [0, 0.1) is 10.1 Å². The second-order valence-electron chi connectivity index (χ2n) is 4.82.